The number of piperazine rings is 1. The number of unbranched alkanes of at least 4 members (excludes halogenated alkanes) is 1. The Balaban J connectivity index is 1.59. The summed E-state index contributed by atoms with van der Waals surface area (Å²) in [7, 11) is 0. The van der Waals surface area contributed by atoms with E-state index < -0.39 is 0 Å². The van der Waals surface area contributed by atoms with E-state index in [1.807, 2.05) is 24.0 Å². The number of carbonyl (C=O) groups excluding carboxylic acids is 1. The molecular formula is C17H26ClN3O. The number of nitrogens with zero attached hydrogens (tertiary/aromatic N) is 2. The predicted octanol–water partition coefficient (Wildman–Crippen LogP) is 3.01. The summed E-state index contributed by atoms with van der Waals surface area (Å²) < 4.78 is 0. The maximum absolute atomic E-state index is 11.7. The second kappa shape index (κ2) is 9.01. The predicted molar refractivity (Wildman–Crippen MR) is 91.5 cm³/mol. The molecule has 2 rings (SSSR count). The summed E-state index contributed by atoms with van der Waals surface area (Å²) in [5, 5.41) is 3.66. The summed E-state index contributed by atoms with van der Waals surface area (Å²) in [6.45, 7) is 7.41. The third-order valence-corrected chi connectivity index (χ3v) is 4.34. The zero-order valence-corrected chi connectivity index (χ0v) is 14.1. The first-order chi connectivity index (χ1) is 10.7. The lowest BCUT2D eigenvalue weighted by Crippen LogP contribution is -2.51. The molecule has 0 atom stereocenters. The largest absolute Gasteiger partial charge is 0.338 e. The fourth-order valence-corrected chi connectivity index (χ4v) is 2.88. The molecule has 1 aromatic rings. The first-order valence-electron chi connectivity index (χ1n) is 8.18. The molecule has 0 aliphatic carbocycles. The lowest BCUT2D eigenvalue weighted by Gasteiger charge is -2.34. The molecule has 2 amide bonds. The van der Waals surface area contributed by atoms with Crippen molar-refractivity contribution in [2.45, 2.75) is 26.2 Å². The Morgan fingerprint density at radius 1 is 1.14 bits per heavy atom. The van der Waals surface area contributed by atoms with Crippen molar-refractivity contribution in [1.29, 1.82) is 0 Å². The fourth-order valence-electron chi connectivity index (χ4n) is 2.75. The number of amides is 2. The van der Waals surface area contributed by atoms with Gasteiger partial charge in [-0.05, 0) is 50.4 Å². The minimum Gasteiger partial charge on any atom is -0.338 e. The maximum Gasteiger partial charge on any atom is 0.317 e. The van der Waals surface area contributed by atoms with Crippen molar-refractivity contribution in [3.05, 3.63) is 34.9 Å². The average molecular weight is 324 g/mol. The molecule has 0 radical (unpaired) electrons. The monoisotopic (exact) mass is 323 g/mol. The Hall–Kier alpha value is -1.26. The lowest BCUT2D eigenvalue weighted by atomic mass is 10.1. The third-order valence-electron chi connectivity index (χ3n) is 4.09. The van der Waals surface area contributed by atoms with Crippen LogP contribution in [0, 0.1) is 0 Å². The highest BCUT2D eigenvalue weighted by Crippen LogP contribution is 2.12. The van der Waals surface area contributed by atoms with Crippen LogP contribution in [0.2, 0.25) is 5.02 Å². The van der Waals surface area contributed by atoms with Crippen molar-refractivity contribution < 1.29 is 4.79 Å². The summed E-state index contributed by atoms with van der Waals surface area (Å²) >= 11 is 5.89. The van der Waals surface area contributed by atoms with E-state index in [0.717, 1.165) is 44.2 Å². The normalized spacial score (nSPS) is 15.8. The standard InChI is InChI=1S/C17H26ClN3O/c1-2-19-17(22)21-13-11-20(12-14-21)10-4-3-5-15-6-8-16(18)9-7-15/h6-9H,2-5,10-14H2,1H3,(H,19,22). The van der Waals surface area contributed by atoms with Gasteiger partial charge >= 0.3 is 6.03 Å². The van der Waals surface area contributed by atoms with Crippen molar-refractivity contribution in [2.24, 2.45) is 0 Å². The molecule has 1 aromatic carbocycles. The summed E-state index contributed by atoms with van der Waals surface area (Å²) in [6.07, 6.45) is 3.50. The fraction of sp³-hybridized carbons (Fsp3) is 0.588. The number of carbonyl (C=O) groups is 1. The highest BCUT2D eigenvalue weighted by atomic mass is 35.5. The van der Waals surface area contributed by atoms with Crippen molar-refractivity contribution in [2.75, 3.05) is 39.3 Å². The molecule has 0 spiro atoms. The van der Waals surface area contributed by atoms with Crippen molar-refractivity contribution in [3.8, 4) is 0 Å². The first kappa shape index (κ1) is 17.1. The Bertz CT molecular complexity index is 455. The average Bonchev–Trinajstić information content (AvgIpc) is 2.54. The van der Waals surface area contributed by atoms with Crippen LogP contribution in [-0.4, -0.2) is 55.1 Å². The van der Waals surface area contributed by atoms with Crippen LogP contribution in [0.3, 0.4) is 0 Å². The summed E-state index contributed by atoms with van der Waals surface area (Å²) in [4.78, 5) is 16.1. The molecule has 1 fully saturated rings. The van der Waals surface area contributed by atoms with Crippen LogP contribution < -0.4 is 5.32 Å². The molecule has 0 bridgehead atoms. The number of hydrogen-bond donors (Lipinski definition) is 1. The van der Waals surface area contributed by atoms with Gasteiger partial charge in [0, 0.05) is 37.7 Å². The van der Waals surface area contributed by atoms with E-state index in [1.54, 1.807) is 0 Å². The highest BCUT2D eigenvalue weighted by molar-refractivity contribution is 6.30. The van der Waals surface area contributed by atoms with Gasteiger partial charge in [-0.15, -0.1) is 0 Å². The minimum absolute atomic E-state index is 0.0740. The first-order valence-corrected chi connectivity index (χ1v) is 8.56. The molecule has 122 valence electrons. The van der Waals surface area contributed by atoms with E-state index in [9.17, 15) is 4.79 Å². The van der Waals surface area contributed by atoms with Gasteiger partial charge in [-0.2, -0.15) is 0 Å². The second-order valence-electron chi connectivity index (χ2n) is 5.75. The smallest absolute Gasteiger partial charge is 0.317 e. The Labute approximate surface area is 138 Å². The number of benzene rings is 1. The van der Waals surface area contributed by atoms with E-state index in [-0.39, 0.29) is 6.03 Å². The quantitative estimate of drug-likeness (QED) is 0.817. The molecule has 0 aromatic heterocycles. The molecule has 1 aliphatic heterocycles. The number of rotatable bonds is 6. The number of halogens is 1. The summed E-state index contributed by atoms with van der Waals surface area (Å²) in [5.74, 6) is 0. The third kappa shape index (κ3) is 5.50. The summed E-state index contributed by atoms with van der Waals surface area (Å²) in [5.41, 5.74) is 1.35. The van der Waals surface area contributed by atoms with Gasteiger partial charge in [0.1, 0.15) is 0 Å². The van der Waals surface area contributed by atoms with Crippen molar-refractivity contribution in [3.63, 3.8) is 0 Å². The van der Waals surface area contributed by atoms with Crippen LogP contribution in [0.5, 0.6) is 0 Å². The molecule has 1 saturated heterocycles. The van der Waals surface area contributed by atoms with Gasteiger partial charge in [-0.1, -0.05) is 23.7 Å². The highest BCUT2D eigenvalue weighted by Gasteiger charge is 2.19. The molecule has 1 heterocycles. The van der Waals surface area contributed by atoms with E-state index in [2.05, 4.69) is 22.3 Å². The maximum atomic E-state index is 11.7. The van der Waals surface area contributed by atoms with Gasteiger partial charge in [0.25, 0.3) is 0 Å². The van der Waals surface area contributed by atoms with Crippen molar-refractivity contribution >= 4 is 17.6 Å². The number of aryl methyl sites for hydroxylation is 1. The second-order valence-corrected chi connectivity index (χ2v) is 6.18. The van der Waals surface area contributed by atoms with Gasteiger partial charge < -0.3 is 10.2 Å². The molecule has 0 saturated carbocycles. The lowest BCUT2D eigenvalue weighted by molar-refractivity contribution is 0.138. The molecule has 0 unspecified atom stereocenters. The molecule has 22 heavy (non-hydrogen) atoms. The van der Waals surface area contributed by atoms with Crippen LogP contribution in [-0.2, 0) is 6.42 Å². The van der Waals surface area contributed by atoms with Gasteiger partial charge in [-0.25, -0.2) is 4.79 Å². The van der Waals surface area contributed by atoms with Gasteiger partial charge in [0.05, 0.1) is 0 Å². The zero-order chi connectivity index (χ0) is 15.8. The van der Waals surface area contributed by atoms with Crippen LogP contribution in [0.25, 0.3) is 0 Å². The van der Waals surface area contributed by atoms with Crippen molar-refractivity contribution in [1.82, 2.24) is 15.1 Å². The van der Waals surface area contributed by atoms with E-state index in [4.69, 9.17) is 11.6 Å². The molecular weight excluding hydrogens is 298 g/mol. The van der Waals surface area contributed by atoms with Crippen LogP contribution >= 0.6 is 11.6 Å². The Morgan fingerprint density at radius 2 is 1.82 bits per heavy atom. The number of nitrogens with one attached hydrogen (secondary N) is 1. The summed E-state index contributed by atoms with van der Waals surface area (Å²) in [6, 6.07) is 8.19. The molecule has 1 aliphatic rings. The molecule has 1 N–H and O–H groups in total. The Morgan fingerprint density at radius 3 is 2.45 bits per heavy atom. The molecule has 4 nitrogen and oxygen atoms in total. The molecule has 5 heteroatoms. The number of urea groups is 1. The van der Waals surface area contributed by atoms with Gasteiger partial charge in [0.15, 0.2) is 0 Å². The van der Waals surface area contributed by atoms with Crippen LogP contribution in [0.1, 0.15) is 25.3 Å². The number of hydrogen-bond acceptors (Lipinski definition) is 2. The zero-order valence-electron chi connectivity index (χ0n) is 13.4. The van der Waals surface area contributed by atoms with Crippen LogP contribution in [0.15, 0.2) is 24.3 Å². The Kier molecular flexibility index (Phi) is 7.00. The SMILES string of the molecule is CCNC(=O)N1CCN(CCCCc2ccc(Cl)cc2)CC1. The van der Waals surface area contributed by atoms with E-state index >= 15 is 0 Å². The van der Waals surface area contributed by atoms with E-state index in [1.165, 1.54) is 18.4 Å². The van der Waals surface area contributed by atoms with Crippen LogP contribution in [0.4, 0.5) is 4.79 Å². The topological polar surface area (TPSA) is 35.6 Å². The van der Waals surface area contributed by atoms with Gasteiger partial charge in [-0.3, -0.25) is 4.90 Å². The van der Waals surface area contributed by atoms with Gasteiger partial charge in [0.2, 0.25) is 0 Å². The van der Waals surface area contributed by atoms with E-state index in [0.29, 0.717) is 6.54 Å². The minimum atomic E-state index is 0.0740.